The molecular weight excluding hydrogens is 352 g/mol. The average Bonchev–Trinajstić information content (AvgIpc) is 2.63. The van der Waals surface area contributed by atoms with E-state index in [1.54, 1.807) is 0 Å². The molecule has 1 amide bonds. The van der Waals surface area contributed by atoms with Crippen LogP contribution in [-0.2, 0) is 6.42 Å². The number of hydrogen-bond acceptors (Lipinski definition) is 6. The first-order valence-corrected chi connectivity index (χ1v) is 8.93. The Morgan fingerprint density at radius 3 is 2.69 bits per heavy atom. The van der Waals surface area contributed by atoms with Gasteiger partial charge in [-0.2, -0.15) is 0 Å². The number of carbonyl (C=O) groups excluding carboxylic acids is 1. The molecule has 1 heterocycles. The molecule has 1 atom stereocenters. The highest BCUT2D eigenvalue weighted by atomic mass is 35.5. The van der Waals surface area contributed by atoms with Gasteiger partial charge in [-0.25, -0.2) is 9.97 Å². The van der Waals surface area contributed by atoms with Gasteiger partial charge in [-0.1, -0.05) is 35.9 Å². The van der Waals surface area contributed by atoms with E-state index in [1.807, 2.05) is 19.1 Å². The molecule has 7 nitrogen and oxygen atoms in total. The van der Waals surface area contributed by atoms with Crippen LogP contribution in [0.2, 0.25) is 5.15 Å². The van der Waals surface area contributed by atoms with Crippen LogP contribution in [0.4, 0.5) is 11.6 Å². The fourth-order valence-electron chi connectivity index (χ4n) is 2.59. The van der Waals surface area contributed by atoms with Crippen molar-refractivity contribution in [1.29, 1.82) is 0 Å². The quantitative estimate of drug-likeness (QED) is 0.559. The van der Waals surface area contributed by atoms with Crippen LogP contribution in [0.1, 0.15) is 28.5 Å². The summed E-state index contributed by atoms with van der Waals surface area (Å²) in [5.41, 5.74) is 14.1. The number of amides is 1. The molecule has 6 N–H and O–H groups in total. The third-order valence-corrected chi connectivity index (χ3v) is 4.37. The number of rotatable bonds is 8. The molecule has 0 saturated heterocycles. The lowest BCUT2D eigenvalue weighted by molar-refractivity contribution is 0.0943. The van der Waals surface area contributed by atoms with Crippen LogP contribution in [0.15, 0.2) is 24.3 Å². The van der Waals surface area contributed by atoms with E-state index in [-0.39, 0.29) is 28.5 Å². The molecule has 0 saturated carbocycles. The fourth-order valence-corrected chi connectivity index (χ4v) is 2.71. The lowest BCUT2D eigenvalue weighted by atomic mass is 9.96. The van der Waals surface area contributed by atoms with E-state index in [0.717, 1.165) is 6.42 Å². The van der Waals surface area contributed by atoms with Crippen LogP contribution < -0.4 is 22.1 Å². The molecule has 0 aliphatic carbocycles. The number of nitrogens with one attached hydrogen (secondary N) is 2. The topological polar surface area (TPSA) is 119 Å². The van der Waals surface area contributed by atoms with E-state index < -0.39 is 0 Å². The molecule has 1 aromatic carbocycles. The normalized spacial score (nSPS) is 11.8. The summed E-state index contributed by atoms with van der Waals surface area (Å²) >= 11 is 5.92. The van der Waals surface area contributed by atoms with Crippen molar-refractivity contribution in [2.24, 2.45) is 11.7 Å². The number of halogens is 1. The van der Waals surface area contributed by atoms with Crippen molar-refractivity contribution in [3.63, 3.8) is 0 Å². The predicted molar refractivity (Wildman–Crippen MR) is 105 cm³/mol. The standard InChI is InChI=1S/C18H25ClN6O/c1-3-22-17-14(24-15(19)16(21)25-17)18(26)23-10-12(9-20)8-13-7-5-4-6-11(13)2/h4-7,12H,3,8-10,20H2,1-2H3,(H,23,26)(H3,21,22,25)/t12-/m0/s1. The van der Waals surface area contributed by atoms with E-state index in [9.17, 15) is 4.79 Å². The Hall–Kier alpha value is -2.38. The first-order valence-electron chi connectivity index (χ1n) is 8.55. The molecule has 0 fully saturated rings. The number of hydrogen-bond donors (Lipinski definition) is 4. The number of nitrogen functional groups attached to an aromatic ring is 1. The van der Waals surface area contributed by atoms with E-state index in [0.29, 0.717) is 25.5 Å². The zero-order chi connectivity index (χ0) is 19.1. The van der Waals surface area contributed by atoms with E-state index in [2.05, 4.69) is 39.7 Å². The Kier molecular flexibility index (Phi) is 7.17. The number of aryl methyl sites for hydroxylation is 1. The van der Waals surface area contributed by atoms with Crippen molar-refractivity contribution >= 4 is 29.1 Å². The van der Waals surface area contributed by atoms with E-state index in [1.165, 1.54) is 11.1 Å². The summed E-state index contributed by atoms with van der Waals surface area (Å²) in [6.45, 7) is 5.42. The second kappa shape index (κ2) is 9.35. The largest absolute Gasteiger partial charge is 0.381 e. The van der Waals surface area contributed by atoms with Gasteiger partial charge >= 0.3 is 0 Å². The van der Waals surface area contributed by atoms with Crippen LogP contribution in [0.25, 0.3) is 0 Å². The minimum Gasteiger partial charge on any atom is -0.381 e. The van der Waals surface area contributed by atoms with Gasteiger partial charge in [0, 0.05) is 13.1 Å². The SMILES string of the molecule is CCNc1nc(N)c(Cl)nc1C(=O)NC[C@H](CN)Cc1ccccc1C. The van der Waals surface area contributed by atoms with E-state index in [4.69, 9.17) is 23.1 Å². The lowest BCUT2D eigenvalue weighted by Gasteiger charge is -2.17. The molecule has 0 radical (unpaired) electrons. The Labute approximate surface area is 158 Å². The Balaban J connectivity index is 2.07. The number of aromatic nitrogens is 2. The maximum absolute atomic E-state index is 12.5. The Bertz CT molecular complexity index is 767. The minimum atomic E-state index is -0.362. The molecule has 0 spiro atoms. The highest BCUT2D eigenvalue weighted by molar-refractivity contribution is 6.31. The Morgan fingerprint density at radius 1 is 1.31 bits per heavy atom. The van der Waals surface area contributed by atoms with E-state index >= 15 is 0 Å². The summed E-state index contributed by atoms with van der Waals surface area (Å²) in [5.74, 6) is 0.145. The highest BCUT2D eigenvalue weighted by Gasteiger charge is 2.19. The average molecular weight is 377 g/mol. The van der Waals surface area contributed by atoms with Crippen molar-refractivity contribution < 1.29 is 4.79 Å². The minimum absolute atomic E-state index is 0.00656. The third-order valence-electron chi connectivity index (χ3n) is 4.09. The molecule has 0 aliphatic rings. The molecule has 0 bridgehead atoms. The number of carbonyl (C=O) groups is 1. The molecule has 0 unspecified atom stereocenters. The van der Waals surface area contributed by atoms with Crippen molar-refractivity contribution in [2.45, 2.75) is 20.3 Å². The second-order valence-corrected chi connectivity index (χ2v) is 6.43. The summed E-state index contributed by atoms with van der Waals surface area (Å²) in [7, 11) is 0. The molecular formula is C18H25ClN6O. The van der Waals surface area contributed by atoms with Gasteiger partial charge in [0.15, 0.2) is 22.5 Å². The summed E-state index contributed by atoms with van der Waals surface area (Å²) in [6, 6.07) is 8.15. The maximum Gasteiger partial charge on any atom is 0.273 e. The maximum atomic E-state index is 12.5. The van der Waals surface area contributed by atoms with Crippen LogP contribution in [0.3, 0.4) is 0 Å². The first-order chi connectivity index (χ1) is 12.5. The van der Waals surface area contributed by atoms with Crippen LogP contribution in [-0.4, -0.2) is 35.5 Å². The fraction of sp³-hybridized carbons (Fsp3) is 0.389. The molecule has 2 aromatic rings. The smallest absolute Gasteiger partial charge is 0.273 e. The zero-order valence-electron chi connectivity index (χ0n) is 15.1. The van der Waals surface area contributed by atoms with Gasteiger partial charge in [0.05, 0.1) is 0 Å². The molecule has 0 aliphatic heterocycles. The molecule has 140 valence electrons. The van der Waals surface area contributed by atoms with Gasteiger partial charge in [-0.15, -0.1) is 0 Å². The molecule has 2 rings (SSSR count). The predicted octanol–water partition coefficient (Wildman–Crippen LogP) is 2.00. The monoisotopic (exact) mass is 376 g/mol. The summed E-state index contributed by atoms with van der Waals surface area (Å²) in [4.78, 5) is 20.7. The second-order valence-electron chi connectivity index (χ2n) is 6.07. The molecule has 26 heavy (non-hydrogen) atoms. The van der Waals surface area contributed by atoms with Crippen LogP contribution >= 0.6 is 11.6 Å². The first kappa shape index (κ1) is 19.9. The summed E-state index contributed by atoms with van der Waals surface area (Å²) in [6.07, 6.45) is 0.789. The van der Waals surface area contributed by atoms with Crippen LogP contribution in [0, 0.1) is 12.8 Å². The molecule has 1 aromatic heterocycles. The van der Waals surface area contributed by atoms with Gasteiger partial charge < -0.3 is 22.1 Å². The zero-order valence-corrected chi connectivity index (χ0v) is 15.8. The van der Waals surface area contributed by atoms with Crippen LogP contribution in [0.5, 0.6) is 0 Å². The Morgan fingerprint density at radius 2 is 2.04 bits per heavy atom. The number of benzene rings is 1. The highest BCUT2D eigenvalue weighted by Crippen LogP contribution is 2.19. The van der Waals surface area contributed by atoms with Gasteiger partial charge in [-0.05, 0) is 43.9 Å². The molecule has 8 heteroatoms. The number of nitrogens with two attached hydrogens (primary N) is 2. The van der Waals surface area contributed by atoms with Crippen molar-refractivity contribution in [3.05, 3.63) is 46.2 Å². The lowest BCUT2D eigenvalue weighted by Crippen LogP contribution is -2.35. The van der Waals surface area contributed by atoms with Gasteiger partial charge in [0.1, 0.15) is 0 Å². The van der Waals surface area contributed by atoms with Crippen molar-refractivity contribution in [1.82, 2.24) is 15.3 Å². The number of anilines is 2. The van der Waals surface area contributed by atoms with Crippen molar-refractivity contribution in [2.75, 3.05) is 30.7 Å². The number of nitrogens with zero attached hydrogens (tertiary/aromatic N) is 2. The third kappa shape index (κ3) is 5.06. The van der Waals surface area contributed by atoms with Crippen molar-refractivity contribution in [3.8, 4) is 0 Å². The van der Waals surface area contributed by atoms with Gasteiger partial charge in [-0.3, -0.25) is 4.79 Å². The summed E-state index contributed by atoms with van der Waals surface area (Å²) < 4.78 is 0. The van der Waals surface area contributed by atoms with Gasteiger partial charge in [0.25, 0.3) is 5.91 Å². The van der Waals surface area contributed by atoms with Gasteiger partial charge in [0.2, 0.25) is 0 Å². The summed E-state index contributed by atoms with van der Waals surface area (Å²) in [5, 5.41) is 5.86.